The van der Waals surface area contributed by atoms with Gasteiger partial charge in [-0.15, -0.1) is 11.3 Å². The molecule has 2 aromatic heterocycles. The molecule has 2 heterocycles. The Morgan fingerprint density at radius 2 is 2.07 bits per heavy atom. The number of ether oxygens (including phenoxy) is 1. The highest BCUT2D eigenvalue weighted by Crippen LogP contribution is 2.26. The lowest BCUT2D eigenvalue weighted by molar-refractivity contribution is -0.146. The van der Waals surface area contributed by atoms with E-state index in [0.717, 1.165) is 4.88 Å². The van der Waals surface area contributed by atoms with Crippen LogP contribution in [0.25, 0.3) is 10.6 Å². The lowest BCUT2D eigenvalue weighted by atomic mass is 10.3. The summed E-state index contributed by atoms with van der Waals surface area (Å²) in [5.41, 5.74) is 0.413. The third-order valence-corrected chi connectivity index (χ3v) is 6.73. The third-order valence-electron chi connectivity index (χ3n) is 3.57. The number of halogens is 2. The van der Waals surface area contributed by atoms with Crippen molar-refractivity contribution in [1.82, 2.24) is 9.88 Å². The minimum atomic E-state index is -3.98. The zero-order valence-corrected chi connectivity index (χ0v) is 17.5. The van der Waals surface area contributed by atoms with Crippen molar-refractivity contribution in [3.05, 3.63) is 57.5 Å². The van der Waals surface area contributed by atoms with Crippen molar-refractivity contribution in [3.8, 4) is 10.6 Å². The molecule has 0 bridgehead atoms. The SMILES string of the molecule is C[C@H](NS(=O)(=O)c1ccc(Cl)c(Cl)c1)C(=O)OCc1cc(-c2cccs2)on1. The number of benzene rings is 1. The first-order valence-corrected chi connectivity index (χ1v) is 11.0. The number of hydrogen-bond donors (Lipinski definition) is 1. The summed E-state index contributed by atoms with van der Waals surface area (Å²) < 4.78 is 37.3. The first-order valence-electron chi connectivity index (χ1n) is 7.90. The van der Waals surface area contributed by atoms with E-state index in [1.807, 2.05) is 17.5 Å². The Morgan fingerprint density at radius 3 is 2.75 bits per heavy atom. The first-order chi connectivity index (χ1) is 13.3. The van der Waals surface area contributed by atoms with Gasteiger partial charge in [0, 0.05) is 6.07 Å². The fourth-order valence-corrected chi connectivity index (χ4v) is 4.43. The Bertz CT molecular complexity index is 1080. The maximum atomic E-state index is 12.4. The Labute approximate surface area is 175 Å². The Balaban J connectivity index is 1.59. The van der Waals surface area contributed by atoms with Crippen LogP contribution in [0.2, 0.25) is 10.0 Å². The maximum Gasteiger partial charge on any atom is 0.324 e. The Morgan fingerprint density at radius 1 is 1.29 bits per heavy atom. The van der Waals surface area contributed by atoms with Gasteiger partial charge in [-0.3, -0.25) is 4.79 Å². The zero-order chi connectivity index (χ0) is 20.3. The number of nitrogens with zero attached hydrogens (tertiary/aromatic N) is 1. The molecule has 0 saturated heterocycles. The number of carbonyl (C=O) groups is 1. The highest BCUT2D eigenvalue weighted by Gasteiger charge is 2.24. The lowest BCUT2D eigenvalue weighted by Crippen LogP contribution is -2.39. The van der Waals surface area contributed by atoms with E-state index in [-0.39, 0.29) is 21.5 Å². The summed E-state index contributed by atoms with van der Waals surface area (Å²) in [6.07, 6.45) is 0. The second-order valence-electron chi connectivity index (χ2n) is 5.69. The van der Waals surface area contributed by atoms with E-state index in [1.165, 1.54) is 36.5 Å². The van der Waals surface area contributed by atoms with Gasteiger partial charge < -0.3 is 9.26 Å². The van der Waals surface area contributed by atoms with Crippen molar-refractivity contribution < 1.29 is 22.5 Å². The van der Waals surface area contributed by atoms with Crippen LogP contribution in [-0.4, -0.2) is 25.6 Å². The van der Waals surface area contributed by atoms with Crippen LogP contribution in [0.3, 0.4) is 0 Å². The molecule has 148 valence electrons. The summed E-state index contributed by atoms with van der Waals surface area (Å²) in [5, 5.41) is 6.05. The van der Waals surface area contributed by atoms with Gasteiger partial charge >= 0.3 is 5.97 Å². The molecular formula is C17H14Cl2N2O5S2. The molecule has 0 aliphatic heterocycles. The van der Waals surface area contributed by atoms with Gasteiger partial charge in [0.15, 0.2) is 5.76 Å². The van der Waals surface area contributed by atoms with Crippen LogP contribution < -0.4 is 4.72 Å². The van der Waals surface area contributed by atoms with Crippen LogP contribution in [0.15, 0.2) is 51.2 Å². The summed E-state index contributed by atoms with van der Waals surface area (Å²) in [6.45, 7) is 1.23. The lowest BCUT2D eigenvalue weighted by Gasteiger charge is -2.13. The van der Waals surface area contributed by atoms with Gasteiger partial charge in [-0.05, 0) is 36.6 Å². The van der Waals surface area contributed by atoms with Gasteiger partial charge in [-0.1, -0.05) is 34.4 Å². The standard InChI is InChI=1S/C17H14Cl2N2O5S2/c1-10(21-28(23,24)12-4-5-13(18)14(19)8-12)17(22)25-9-11-7-15(26-20-11)16-3-2-6-27-16/h2-8,10,21H,9H2,1H3/t10-/m0/s1. The molecule has 0 aliphatic rings. The molecule has 1 N–H and O–H groups in total. The molecule has 1 aromatic carbocycles. The molecule has 1 atom stereocenters. The van der Waals surface area contributed by atoms with E-state index in [0.29, 0.717) is 11.5 Å². The largest absolute Gasteiger partial charge is 0.458 e. The highest BCUT2D eigenvalue weighted by molar-refractivity contribution is 7.89. The summed E-state index contributed by atoms with van der Waals surface area (Å²) in [4.78, 5) is 12.9. The average Bonchev–Trinajstić information content (AvgIpc) is 3.32. The summed E-state index contributed by atoms with van der Waals surface area (Å²) in [5.74, 6) is -0.196. The smallest absolute Gasteiger partial charge is 0.324 e. The minimum absolute atomic E-state index is 0.0901. The molecule has 3 rings (SSSR count). The number of hydrogen-bond acceptors (Lipinski definition) is 7. The van der Waals surface area contributed by atoms with E-state index < -0.39 is 22.0 Å². The van der Waals surface area contributed by atoms with Gasteiger partial charge in [0.1, 0.15) is 18.3 Å². The molecule has 28 heavy (non-hydrogen) atoms. The molecule has 0 spiro atoms. The maximum absolute atomic E-state index is 12.4. The van der Waals surface area contributed by atoms with E-state index in [1.54, 1.807) is 6.07 Å². The van der Waals surface area contributed by atoms with Crippen LogP contribution >= 0.6 is 34.5 Å². The summed E-state index contributed by atoms with van der Waals surface area (Å²) in [7, 11) is -3.98. The van der Waals surface area contributed by atoms with Crippen molar-refractivity contribution in [3.63, 3.8) is 0 Å². The molecule has 0 unspecified atom stereocenters. The van der Waals surface area contributed by atoms with Crippen LogP contribution in [0.5, 0.6) is 0 Å². The Hall–Kier alpha value is -1.91. The van der Waals surface area contributed by atoms with Crippen molar-refractivity contribution in [2.45, 2.75) is 24.5 Å². The zero-order valence-electron chi connectivity index (χ0n) is 14.4. The molecule has 0 amide bonds. The minimum Gasteiger partial charge on any atom is -0.458 e. The van der Waals surface area contributed by atoms with E-state index in [4.69, 9.17) is 32.5 Å². The monoisotopic (exact) mass is 460 g/mol. The fraction of sp³-hybridized carbons (Fsp3) is 0.176. The van der Waals surface area contributed by atoms with Crippen molar-refractivity contribution in [1.29, 1.82) is 0 Å². The fourth-order valence-electron chi connectivity index (χ4n) is 2.18. The number of esters is 1. The molecule has 0 saturated carbocycles. The number of sulfonamides is 1. The van der Waals surface area contributed by atoms with Gasteiger partial charge in [0.2, 0.25) is 10.0 Å². The quantitative estimate of drug-likeness (QED) is 0.532. The molecule has 11 heteroatoms. The van der Waals surface area contributed by atoms with Crippen molar-refractivity contribution >= 4 is 50.5 Å². The summed E-state index contributed by atoms with van der Waals surface area (Å²) >= 11 is 13.1. The first kappa shape index (κ1) is 20.8. The number of carbonyl (C=O) groups excluding carboxylic acids is 1. The topological polar surface area (TPSA) is 98.5 Å². The molecule has 0 radical (unpaired) electrons. The van der Waals surface area contributed by atoms with Gasteiger partial charge in [-0.25, -0.2) is 8.42 Å². The number of rotatable bonds is 7. The molecule has 0 fully saturated rings. The highest BCUT2D eigenvalue weighted by atomic mass is 35.5. The van der Waals surface area contributed by atoms with Crippen LogP contribution in [0, 0.1) is 0 Å². The van der Waals surface area contributed by atoms with E-state index in [2.05, 4.69) is 9.88 Å². The number of thiophene rings is 1. The second kappa shape index (κ2) is 8.62. The number of aromatic nitrogens is 1. The van der Waals surface area contributed by atoms with Crippen LogP contribution in [-0.2, 0) is 26.2 Å². The van der Waals surface area contributed by atoms with E-state index >= 15 is 0 Å². The van der Waals surface area contributed by atoms with Crippen LogP contribution in [0.4, 0.5) is 0 Å². The van der Waals surface area contributed by atoms with Gasteiger partial charge in [0.25, 0.3) is 0 Å². The van der Waals surface area contributed by atoms with Crippen molar-refractivity contribution in [2.24, 2.45) is 0 Å². The second-order valence-corrected chi connectivity index (χ2v) is 9.16. The molecule has 0 aliphatic carbocycles. The predicted molar refractivity (Wildman–Crippen MR) is 106 cm³/mol. The Kier molecular flexibility index (Phi) is 6.41. The molecule has 7 nitrogen and oxygen atoms in total. The third kappa shape index (κ3) is 4.92. The normalized spacial score (nSPS) is 12.7. The van der Waals surface area contributed by atoms with Crippen LogP contribution in [0.1, 0.15) is 12.6 Å². The number of nitrogens with one attached hydrogen (secondary N) is 1. The average molecular weight is 461 g/mol. The van der Waals surface area contributed by atoms with Gasteiger partial charge in [-0.2, -0.15) is 4.72 Å². The van der Waals surface area contributed by atoms with Gasteiger partial charge in [0.05, 0.1) is 19.8 Å². The van der Waals surface area contributed by atoms with E-state index in [9.17, 15) is 13.2 Å². The summed E-state index contributed by atoms with van der Waals surface area (Å²) in [6, 6.07) is 8.14. The molecular weight excluding hydrogens is 447 g/mol. The van der Waals surface area contributed by atoms with Crippen molar-refractivity contribution in [2.75, 3.05) is 0 Å². The predicted octanol–water partition coefficient (Wildman–Crippen LogP) is 4.12. The molecule has 3 aromatic rings.